The van der Waals surface area contributed by atoms with Crippen LogP contribution in [-0.4, -0.2) is 27.3 Å². The Hall–Kier alpha value is -2.11. The molecule has 1 aromatic carbocycles. The summed E-state index contributed by atoms with van der Waals surface area (Å²) in [4.78, 5) is 0. The highest BCUT2D eigenvalue weighted by Gasteiger charge is 2.38. The van der Waals surface area contributed by atoms with Gasteiger partial charge in [-0.15, -0.1) is 5.10 Å². The minimum atomic E-state index is 0.342. The molecule has 2 N–H and O–H groups in total. The van der Waals surface area contributed by atoms with Crippen molar-refractivity contribution in [3.05, 3.63) is 18.2 Å². The van der Waals surface area contributed by atoms with Crippen molar-refractivity contribution in [2.45, 2.75) is 26.3 Å². The van der Waals surface area contributed by atoms with Gasteiger partial charge in [-0.1, -0.05) is 6.92 Å². The molecule has 0 bridgehead atoms. The third kappa shape index (κ3) is 2.38. The normalized spacial score (nSPS) is 16.3. The van der Waals surface area contributed by atoms with Crippen LogP contribution in [0.2, 0.25) is 0 Å². The van der Waals surface area contributed by atoms with Gasteiger partial charge >= 0.3 is 0 Å². The molecule has 100 valence electrons. The third-order valence-electron chi connectivity index (χ3n) is 3.59. The fourth-order valence-corrected chi connectivity index (χ4v) is 2.12. The number of aromatic nitrogens is 4. The van der Waals surface area contributed by atoms with Crippen molar-refractivity contribution in [1.29, 1.82) is 0 Å². The molecule has 1 saturated carbocycles. The van der Waals surface area contributed by atoms with Crippen LogP contribution in [0.15, 0.2) is 18.2 Å². The third-order valence-corrected chi connectivity index (χ3v) is 3.59. The van der Waals surface area contributed by atoms with E-state index in [-0.39, 0.29) is 0 Å². The van der Waals surface area contributed by atoms with Crippen LogP contribution in [0.1, 0.15) is 19.8 Å². The van der Waals surface area contributed by atoms with E-state index in [9.17, 15) is 0 Å². The summed E-state index contributed by atoms with van der Waals surface area (Å²) in [5.41, 5.74) is 7.74. The number of methoxy groups -OCH3 is 1. The summed E-state index contributed by atoms with van der Waals surface area (Å²) in [5, 5.41) is 12.0. The molecule has 3 rings (SSSR count). The van der Waals surface area contributed by atoms with E-state index in [1.807, 2.05) is 16.8 Å². The summed E-state index contributed by atoms with van der Waals surface area (Å²) in [6.45, 7) is 3.09. The van der Waals surface area contributed by atoms with Gasteiger partial charge in [0.15, 0.2) is 5.82 Å². The van der Waals surface area contributed by atoms with Crippen molar-refractivity contribution in [2.75, 3.05) is 12.8 Å². The lowest BCUT2D eigenvalue weighted by Crippen LogP contribution is -2.11. The first kappa shape index (κ1) is 12.0. The quantitative estimate of drug-likeness (QED) is 0.846. The predicted octanol–water partition coefficient (Wildman–Crippen LogP) is 1.73. The molecule has 19 heavy (non-hydrogen) atoms. The maximum absolute atomic E-state index is 5.87. The van der Waals surface area contributed by atoms with E-state index >= 15 is 0 Å². The van der Waals surface area contributed by atoms with Crippen LogP contribution in [0.5, 0.6) is 5.75 Å². The maximum atomic E-state index is 5.87. The molecule has 0 amide bonds. The number of nitrogen functional groups attached to an aromatic ring is 1. The van der Waals surface area contributed by atoms with Gasteiger partial charge in [-0.05, 0) is 40.8 Å². The summed E-state index contributed by atoms with van der Waals surface area (Å²) >= 11 is 0. The summed E-state index contributed by atoms with van der Waals surface area (Å²) < 4.78 is 7.08. The zero-order valence-electron chi connectivity index (χ0n) is 11.1. The average molecular weight is 259 g/mol. The first-order chi connectivity index (χ1) is 9.09. The Morgan fingerprint density at radius 1 is 1.37 bits per heavy atom. The number of benzene rings is 1. The summed E-state index contributed by atoms with van der Waals surface area (Å²) in [7, 11) is 1.62. The highest BCUT2D eigenvalue weighted by Crippen LogP contribution is 2.46. The molecule has 1 heterocycles. The molecule has 1 aliphatic carbocycles. The topological polar surface area (TPSA) is 78.8 Å². The second kappa shape index (κ2) is 4.22. The summed E-state index contributed by atoms with van der Waals surface area (Å²) in [6.07, 6.45) is 2.46. The van der Waals surface area contributed by atoms with Crippen LogP contribution < -0.4 is 10.5 Å². The Kier molecular flexibility index (Phi) is 2.66. The summed E-state index contributed by atoms with van der Waals surface area (Å²) in [5.74, 6) is 1.45. The van der Waals surface area contributed by atoms with Crippen molar-refractivity contribution in [3.8, 4) is 17.1 Å². The fraction of sp³-hybridized carbons (Fsp3) is 0.462. The van der Waals surface area contributed by atoms with Crippen molar-refractivity contribution in [3.63, 3.8) is 0 Å². The van der Waals surface area contributed by atoms with E-state index in [2.05, 4.69) is 22.4 Å². The van der Waals surface area contributed by atoms with Gasteiger partial charge in [0, 0.05) is 17.3 Å². The van der Waals surface area contributed by atoms with E-state index in [1.54, 1.807) is 13.2 Å². The van der Waals surface area contributed by atoms with Gasteiger partial charge in [-0.2, -0.15) is 0 Å². The second-order valence-corrected chi connectivity index (χ2v) is 5.47. The zero-order chi connectivity index (χ0) is 13.5. The molecule has 1 aromatic heterocycles. The molecule has 1 fully saturated rings. The zero-order valence-corrected chi connectivity index (χ0v) is 11.1. The van der Waals surface area contributed by atoms with E-state index in [4.69, 9.17) is 10.5 Å². The maximum Gasteiger partial charge on any atom is 0.182 e. The fourth-order valence-electron chi connectivity index (χ4n) is 2.12. The Balaban J connectivity index is 1.97. The van der Waals surface area contributed by atoms with Crippen LogP contribution in [-0.2, 0) is 6.54 Å². The SMILES string of the molecule is COc1cc(N)cc(-c2nnnn2CC2(C)CC2)c1. The van der Waals surface area contributed by atoms with Crippen molar-refractivity contribution >= 4 is 5.69 Å². The van der Waals surface area contributed by atoms with Crippen LogP contribution in [0.3, 0.4) is 0 Å². The lowest BCUT2D eigenvalue weighted by atomic mass is 10.1. The first-order valence-corrected chi connectivity index (χ1v) is 6.31. The molecule has 6 nitrogen and oxygen atoms in total. The number of ether oxygens (including phenoxy) is 1. The van der Waals surface area contributed by atoms with E-state index in [0.29, 0.717) is 16.9 Å². The largest absolute Gasteiger partial charge is 0.497 e. The number of anilines is 1. The molecule has 1 aliphatic rings. The minimum absolute atomic E-state index is 0.342. The lowest BCUT2D eigenvalue weighted by Gasteiger charge is -2.10. The first-order valence-electron chi connectivity index (χ1n) is 6.31. The number of rotatable bonds is 4. The Morgan fingerprint density at radius 2 is 2.16 bits per heavy atom. The van der Waals surface area contributed by atoms with Gasteiger partial charge in [-0.25, -0.2) is 4.68 Å². The lowest BCUT2D eigenvalue weighted by molar-refractivity contribution is 0.414. The molecule has 2 aromatic rings. The summed E-state index contributed by atoms with van der Waals surface area (Å²) in [6, 6.07) is 5.54. The smallest absolute Gasteiger partial charge is 0.182 e. The van der Waals surface area contributed by atoms with Crippen molar-refractivity contribution < 1.29 is 4.74 Å². The van der Waals surface area contributed by atoms with Crippen LogP contribution in [0.4, 0.5) is 5.69 Å². The Morgan fingerprint density at radius 3 is 2.84 bits per heavy atom. The number of tetrazole rings is 1. The second-order valence-electron chi connectivity index (χ2n) is 5.47. The van der Waals surface area contributed by atoms with Gasteiger partial charge in [0.2, 0.25) is 0 Å². The Bertz CT molecular complexity index is 603. The van der Waals surface area contributed by atoms with Gasteiger partial charge in [0.25, 0.3) is 0 Å². The molecule has 0 atom stereocenters. The van der Waals surface area contributed by atoms with E-state index in [0.717, 1.165) is 17.9 Å². The van der Waals surface area contributed by atoms with Crippen LogP contribution >= 0.6 is 0 Å². The van der Waals surface area contributed by atoms with Gasteiger partial charge in [-0.3, -0.25) is 0 Å². The van der Waals surface area contributed by atoms with Crippen molar-refractivity contribution in [1.82, 2.24) is 20.2 Å². The Labute approximate surface area is 111 Å². The number of nitrogens with two attached hydrogens (primary N) is 1. The predicted molar refractivity (Wildman–Crippen MR) is 71.6 cm³/mol. The monoisotopic (exact) mass is 259 g/mol. The molecular formula is C13H17N5O. The van der Waals surface area contributed by atoms with Gasteiger partial charge in [0.1, 0.15) is 5.75 Å². The van der Waals surface area contributed by atoms with Crippen LogP contribution in [0.25, 0.3) is 11.4 Å². The molecule has 6 heteroatoms. The molecular weight excluding hydrogens is 242 g/mol. The molecule has 0 unspecified atom stereocenters. The average Bonchev–Trinajstić information content (AvgIpc) is 2.92. The van der Waals surface area contributed by atoms with Crippen LogP contribution in [0, 0.1) is 5.41 Å². The van der Waals surface area contributed by atoms with E-state index in [1.165, 1.54) is 12.8 Å². The standard InChI is InChI=1S/C13H17N5O/c1-13(3-4-13)8-18-12(15-16-17-18)9-5-10(14)7-11(6-9)19-2/h5-7H,3-4,8,14H2,1-2H3. The number of nitrogens with zero attached hydrogens (tertiary/aromatic N) is 4. The van der Waals surface area contributed by atoms with Gasteiger partial charge in [0.05, 0.1) is 13.7 Å². The number of hydrogen-bond donors (Lipinski definition) is 1. The van der Waals surface area contributed by atoms with Crippen molar-refractivity contribution in [2.24, 2.45) is 5.41 Å². The van der Waals surface area contributed by atoms with E-state index < -0.39 is 0 Å². The molecule has 0 saturated heterocycles. The highest BCUT2D eigenvalue weighted by molar-refractivity contribution is 5.64. The molecule has 0 aliphatic heterocycles. The highest BCUT2D eigenvalue weighted by atomic mass is 16.5. The minimum Gasteiger partial charge on any atom is -0.497 e. The number of hydrogen-bond acceptors (Lipinski definition) is 5. The van der Waals surface area contributed by atoms with Gasteiger partial charge < -0.3 is 10.5 Å². The molecule has 0 spiro atoms. The molecule has 0 radical (unpaired) electrons.